The van der Waals surface area contributed by atoms with Crippen LogP contribution in [-0.4, -0.2) is 43.8 Å². The van der Waals surface area contributed by atoms with Gasteiger partial charge in [0.1, 0.15) is 5.76 Å². The zero-order valence-corrected chi connectivity index (χ0v) is 14.4. The van der Waals surface area contributed by atoms with Gasteiger partial charge in [0.05, 0.1) is 17.7 Å². The molecule has 3 rings (SSSR count). The van der Waals surface area contributed by atoms with Crippen molar-refractivity contribution in [2.24, 2.45) is 0 Å². The monoisotopic (exact) mass is 384 g/mol. The normalized spacial score (nSPS) is 17.7. The van der Waals surface area contributed by atoms with Gasteiger partial charge in [-0.1, -0.05) is 22.0 Å². The van der Waals surface area contributed by atoms with Crippen LogP contribution in [0.1, 0.15) is 5.76 Å². The second-order valence-electron chi connectivity index (χ2n) is 5.22. The third kappa shape index (κ3) is 3.43. The van der Waals surface area contributed by atoms with Gasteiger partial charge in [-0.15, -0.1) is 0 Å². The average molecular weight is 385 g/mol. The van der Waals surface area contributed by atoms with Crippen LogP contribution in [0.5, 0.6) is 0 Å². The number of sulfonamides is 1. The van der Waals surface area contributed by atoms with E-state index in [2.05, 4.69) is 20.8 Å². The van der Waals surface area contributed by atoms with Gasteiger partial charge in [0.15, 0.2) is 0 Å². The van der Waals surface area contributed by atoms with Crippen LogP contribution in [0.25, 0.3) is 0 Å². The van der Waals surface area contributed by atoms with E-state index in [0.717, 1.165) is 16.8 Å². The van der Waals surface area contributed by atoms with Gasteiger partial charge in [-0.25, -0.2) is 8.42 Å². The molecule has 1 aliphatic heterocycles. The van der Waals surface area contributed by atoms with E-state index in [1.165, 1.54) is 0 Å². The maximum atomic E-state index is 12.6. The van der Waals surface area contributed by atoms with Gasteiger partial charge < -0.3 is 4.42 Å². The minimum Gasteiger partial charge on any atom is -0.468 e. The summed E-state index contributed by atoms with van der Waals surface area (Å²) in [4.78, 5) is 2.53. The number of halogens is 1. The molecule has 1 aromatic heterocycles. The fourth-order valence-electron chi connectivity index (χ4n) is 2.53. The second kappa shape index (κ2) is 6.54. The van der Waals surface area contributed by atoms with Crippen molar-refractivity contribution in [3.8, 4) is 0 Å². The summed E-state index contributed by atoms with van der Waals surface area (Å²) in [7, 11) is -3.42. The Kier molecular flexibility index (Phi) is 4.67. The third-order valence-corrected chi connectivity index (χ3v) is 6.11. The van der Waals surface area contributed by atoms with Gasteiger partial charge in [-0.05, 0) is 30.3 Å². The number of piperazine rings is 1. The van der Waals surface area contributed by atoms with Crippen LogP contribution >= 0.6 is 15.9 Å². The smallest absolute Gasteiger partial charge is 0.243 e. The van der Waals surface area contributed by atoms with Gasteiger partial charge in [-0.3, -0.25) is 4.90 Å². The first-order valence-corrected chi connectivity index (χ1v) is 9.29. The van der Waals surface area contributed by atoms with Crippen molar-refractivity contribution in [3.05, 3.63) is 52.9 Å². The van der Waals surface area contributed by atoms with E-state index >= 15 is 0 Å². The Hall–Kier alpha value is -1.15. The van der Waals surface area contributed by atoms with E-state index in [0.29, 0.717) is 31.1 Å². The summed E-state index contributed by atoms with van der Waals surface area (Å²) in [6.07, 6.45) is 1.66. The Bertz CT molecular complexity index is 723. The third-order valence-electron chi connectivity index (χ3n) is 3.72. The molecule has 0 atom stereocenters. The molecule has 22 heavy (non-hydrogen) atoms. The largest absolute Gasteiger partial charge is 0.468 e. The average Bonchev–Trinajstić information content (AvgIpc) is 3.01. The zero-order valence-electron chi connectivity index (χ0n) is 12.0. The van der Waals surface area contributed by atoms with Gasteiger partial charge in [0.25, 0.3) is 0 Å². The molecule has 0 bridgehead atoms. The maximum absolute atomic E-state index is 12.6. The van der Waals surface area contributed by atoms with Crippen molar-refractivity contribution in [1.82, 2.24) is 9.21 Å². The molecule has 2 aromatic rings. The van der Waals surface area contributed by atoms with E-state index in [-0.39, 0.29) is 0 Å². The molecular weight excluding hydrogens is 368 g/mol. The molecule has 0 spiro atoms. The summed E-state index contributed by atoms with van der Waals surface area (Å²) in [6, 6.07) is 10.6. The Morgan fingerprint density at radius 3 is 2.50 bits per heavy atom. The van der Waals surface area contributed by atoms with Crippen LogP contribution in [0, 0.1) is 0 Å². The van der Waals surface area contributed by atoms with Crippen molar-refractivity contribution >= 4 is 26.0 Å². The molecule has 7 heteroatoms. The fraction of sp³-hybridized carbons (Fsp3) is 0.333. The van der Waals surface area contributed by atoms with Crippen molar-refractivity contribution in [1.29, 1.82) is 0 Å². The summed E-state index contributed by atoms with van der Waals surface area (Å²) in [6.45, 7) is 3.12. The highest BCUT2D eigenvalue weighted by atomic mass is 79.9. The first kappa shape index (κ1) is 15.7. The molecule has 1 aliphatic rings. The van der Waals surface area contributed by atoms with Gasteiger partial charge in [-0.2, -0.15) is 4.31 Å². The minimum atomic E-state index is -3.42. The van der Waals surface area contributed by atoms with E-state index in [1.54, 1.807) is 28.8 Å². The Labute approximate surface area is 138 Å². The summed E-state index contributed by atoms with van der Waals surface area (Å²) in [5.41, 5.74) is 0. The van der Waals surface area contributed by atoms with Crippen molar-refractivity contribution in [2.75, 3.05) is 26.2 Å². The molecule has 1 fully saturated rings. The Morgan fingerprint density at radius 2 is 1.86 bits per heavy atom. The Morgan fingerprint density at radius 1 is 1.09 bits per heavy atom. The zero-order chi connectivity index (χ0) is 15.6. The molecule has 0 amide bonds. The number of rotatable bonds is 4. The van der Waals surface area contributed by atoms with Crippen LogP contribution in [0.2, 0.25) is 0 Å². The highest BCUT2D eigenvalue weighted by Gasteiger charge is 2.28. The standard InChI is InChI=1S/C15H17BrN2O3S/c16-13-3-1-5-15(11-13)22(19,20)18-8-6-17(7-9-18)12-14-4-2-10-21-14/h1-5,10-11H,6-9,12H2. The lowest BCUT2D eigenvalue weighted by Gasteiger charge is -2.33. The molecule has 0 aliphatic carbocycles. The lowest BCUT2D eigenvalue weighted by atomic mass is 10.3. The highest BCUT2D eigenvalue weighted by molar-refractivity contribution is 9.10. The van der Waals surface area contributed by atoms with Crippen LogP contribution < -0.4 is 0 Å². The van der Waals surface area contributed by atoms with E-state index in [1.807, 2.05) is 18.2 Å². The summed E-state index contributed by atoms with van der Waals surface area (Å²) >= 11 is 3.32. The van der Waals surface area contributed by atoms with E-state index in [4.69, 9.17) is 4.42 Å². The predicted molar refractivity (Wildman–Crippen MR) is 86.9 cm³/mol. The summed E-state index contributed by atoms with van der Waals surface area (Å²) in [5, 5.41) is 0. The number of nitrogens with zero attached hydrogens (tertiary/aromatic N) is 2. The van der Waals surface area contributed by atoms with Crippen LogP contribution in [0.15, 0.2) is 56.4 Å². The van der Waals surface area contributed by atoms with Crippen molar-refractivity contribution < 1.29 is 12.8 Å². The van der Waals surface area contributed by atoms with Gasteiger partial charge in [0.2, 0.25) is 10.0 Å². The first-order valence-electron chi connectivity index (χ1n) is 7.06. The molecule has 1 aromatic carbocycles. The van der Waals surface area contributed by atoms with E-state index in [9.17, 15) is 8.42 Å². The van der Waals surface area contributed by atoms with Crippen LogP contribution in [-0.2, 0) is 16.6 Å². The fourth-order valence-corrected chi connectivity index (χ4v) is 4.55. The number of hydrogen-bond acceptors (Lipinski definition) is 4. The van der Waals surface area contributed by atoms with Crippen molar-refractivity contribution in [3.63, 3.8) is 0 Å². The molecule has 0 unspecified atom stereocenters. The molecule has 2 heterocycles. The molecule has 118 valence electrons. The lowest BCUT2D eigenvalue weighted by molar-refractivity contribution is 0.171. The highest BCUT2D eigenvalue weighted by Crippen LogP contribution is 2.21. The molecule has 0 radical (unpaired) electrons. The SMILES string of the molecule is O=S(=O)(c1cccc(Br)c1)N1CCN(Cc2ccco2)CC1. The number of furan rings is 1. The van der Waals surface area contributed by atoms with Gasteiger partial charge in [0, 0.05) is 30.7 Å². The quantitative estimate of drug-likeness (QED) is 0.812. The molecule has 0 saturated carbocycles. The topological polar surface area (TPSA) is 53.8 Å². The molecule has 5 nitrogen and oxygen atoms in total. The maximum Gasteiger partial charge on any atom is 0.243 e. The summed E-state index contributed by atoms with van der Waals surface area (Å²) in [5.74, 6) is 0.906. The van der Waals surface area contributed by atoms with Crippen molar-refractivity contribution in [2.45, 2.75) is 11.4 Å². The second-order valence-corrected chi connectivity index (χ2v) is 8.07. The summed E-state index contributed by atoms with van der Waals surface area (Å²) < 4.78 is 32.9. The molecule has 1 saturated heterocycles. The predicted octanol–water partition coefficient (Wildman–Crippen LogP) is 2.55. The van der Waals surface area contributed by atoms with Crippen LogP contribution in [0.3, 0.4) is 0 Å². The molecule has 0 N–H and O–H groups in total. The lowest BCUT2D eigenvalue weighted by Crippen LogP contribution is -2.48. The van der Waals surface area contributed by atoms with E-state index < -0.39 is 10.0 Å². The minimum absolute atomic E-state index is 0.335. The Balaban J connectivity index is 1.65. The van der Waals surface area contributed by atoms with Crippen LogP contribution in [0.4, 0.5) is 0 Å². The molecular formula is C15H17BrN2O3S. The number of benzene rings is 1. The van der Waals surface area contributed by atoms with Gasteiger partial charge >= 0.3 is 0 Å². The number of hydrogen-bond donors (Lipinski definition) is 0. The first-order chi connectivity index (χ1) is 10.6.